The highest BCUT2D eigenvalue weighted by molar-refractivity contribution is 5.74. The van der Waals surface area contributed by atoms with Crippen LogP contribution in [0.4, 0.5) is 0 Å². The number of aryl methyl sites for hydroxylation is 2. The maximum absolute atomic E-state index is 5.52. The second kappa shape index (κ2) is 6.97. The van der Waals surface area contributed by atoms with Gasteiger partial charge in [0, 0.05) is 0 Å². The van der Waals surface area contributed by atoms with Gasteiger partial charge in [-0.05, 0) is 81.1 Å². The topological polar surface area (TPSA) is 38.0 Å². The van der Waals surface area contributed by atoms with Gasteiger partial charge in [0.05, 0.1) is 0 Å². The Morgan fingerprint density at radius 3 is 2.68 bits per heavy atom. The zero-order valence-corrected chi connectivity index (χ0v) is 13.5. The van der Waals surface area contributed by atoms with E-state index in [9.17, 15) is 0 Å². The van der Waals surface area contributed by atoms with Gasteiger partial charge in [-0.1, -0.05) is 41.0 Å². The Kier molecular flexibility index (Phi) is 4.79. The molecule has 3 N–H and O–H groups in total. The molecule has 2 heteroatoms. The number of nitrogens with two attached hydrogens (primary N) is 1. The molecule has 3 rings (SSSR count). The lowest BCUT2D eigenvalue weighted by atomic mass is 9.88. The number of rotatable bonds is 1. The van der Waals surface area contributed by atoms with Crippen LogP contribution in [-0.4, -0.2) is 13.1 Å². The van der Waals surface area contributed by atoms with Gasteiger partial charge in [0.25, 0.3) is 0 Å². The molecule has 2 nitrogen and oxygen atoms in total. The van der Waals surface area contributed by atoms with Crippen LogP contribution in [-0.2, 0) is 6.42 Å². The van der Waals surface area contributed by atoms with E-state index >= 15 is 0 Å². The third kappa shape index (κ3) is 3.33. The number of hydrogen-bond acceptors (Lipinski definition) is 2. The lowest BCUT2D eigenvalue weighted by molar-refractivity contribution is 0.610. The molecule has 0 amide bonds. The molecule has 1 aromatic rings. The smallest absolute Gasteiger partial charge is 0.00112 e. The lowest BCUT2D eigenvalue weighted by Crippen LogP contribution is -2.23. The Balaban J connectivity index is 2.06. The SMILES string of the molecule is Cc1ccc2c(c1)CC/C(=C/C=C\N)CC2=C1CCNCC1. The molecule has 0 atom stereocenters. The van der Waals surface area contributed by atoms with Gasteiger partial charge >= 0.3 is 0 Å². The number of allylic oxidation sites excluding steroid dienone is 4. The Bertz CT molecular complexity index is 627. The highest BCUT2D eigenvalue weighted by atomic mass is 14.9. The van der Waals surface area contributed by atoms with E-state index in [2.05, 4.69) is 36.5 Å². The average molecular weight is 294 g/mol. The molecule has 1 fully saturated rings. The molecule has 1 aliphatic carbocycles. The molecule has 2 aliphatic rings. The number of nitrogens with one attached hydrogen (secondary N) is 1. The van der Waals surface area contributed by atoms with Crippen LogP contribution in [0.1, 0.15) is 42.4 Å². The van der Waals surface area contributed by atoms with Crippen LogP contribution < -0.4 is 11.1 Å². The molecule has 0 bridgehead atoms. The van der Waals surface area contributed by atoms with Crippen LogP contribution in [0.15, 0.2) is 47.7 Å². The molecule has 0 aromatic heterocycles. The summed E-state index contributed by atoms with van der Waals surface area (Å²) in [5.41, 5.74) is 14.6. The van der Waals surface area contributed by atoms with Gasteiger partial charge in [-0.15, -0.1) is 0 Å². The Labute approximate surface area is 133 Å². The third-order valence-electron chi connectivity index (χ3n) is 4.78. The number of benzene rings is 1. The monoisotopic (exact) mass is 294 g/mol. The molecule has 0 radical (unpaired) electrons. The largest absolute Gasteiger partial charge is 0.405 e. The molecule has 0 spiro atoms. The van der Waals surface area contributed by atoms with E-state index in [0.29, 0.717) is 0 Å². The van der Waals surface area contributed by atoms with Crippen molar-refractivity contribution in [3.05, 3.63) is 64.4 Å². The summed E-state index contributed by atoms with van der Waals surface area (Å²) in [7, 11) is 0. The van der Waals surface area contributed by atoms with Gasteiger partial charge < -0.3 is 11.1 Å². The first kappa shape index (κ1) is 15.1. The minimum atomic E-state index is 1.08. The molecule has 1 aliphatic heterocycles. The molecule has 0 unspecified atom stereocenters. The fraction of sp³-hybridized carbons (Fsp3) is 0.400. The van der Waals surface area contributed by atoms with E-state index in [0.717, 1.165) is 32.4 Å². The van der Waals surface area contributed by atoms with Crippen molar-refractivity contribution < 1.29 is 0 Å². The maximum Gasteiger partial charge on any atom is -0.00112 e. The quantitative estimate of drug-likeness (QED) is 0.772. The van der Waals surface area contributed by atoms with Crippen LogP contribution in [0.25, 0.3) is 5.57 Å². The van der Waals surface area contributed by atoms with Crippen LogP contribution in [0.5, 0.6) is 0 Å². The van der Waals surface area contributed by atoms with E-state index < -0.39 is 0 Å². The molecule has 1 saturated heterocycles. The first-order chi connectivity index (χ1) is 10.8. The minimum absolute atomic E-state index is 1.08. The normalized spacial score (nSPS) is 21.2. The van der Waals surface area contributed by atoms with E-state index in [4.69, 9.17) is 5.73 Å². The highest BCUT2D eigenvalue weighted by Crippen LogP contribution is 2.37. The van der Waals surface area contributed by atoms with Crippen molar-refractivity contribution in [2.75, 3.05) is 13.1 Å². The molecule has 0 saturated carbocycles. The fourth-order valence-electron chi connectivity index (χ4n) is 3.61. The summed E-state index contributed by atoms with van der Waals surface area (Å²) in [6.45, 7) is 4.42. The van der Waals surface area contributed by atoms with Gasteiger partial charge in [-0.2, -0.15) is 0 Å². The second-order valence-electron chi connectivity index (χ2n) is 6.38. The first-order valence-electron chi connectivity index (χ1n) is 8.36. The second-order valence-corrected chi connectivity index (χ2v) is 6.38. The molecular weight excluding hydrogens is 268 g/mol. The van der Waals surface area contributed by atoms with Crippen LogP contribution in [0.3, 0.4) is 0 Å². The Hall–Kier alpha value is -1.80. The van der Waals surface area contributed by atoms with Crippen molar-refractivity contribution in [1.29, 1.82) is 0 Å². The Morgan fingerprint density at radius 2 is 1.91 bits per heavy atom. The molecule has 116 valence electrons. The van der Waals surface area contributed by atoms with Crippen molar-refractivity contribution in [3.63, 3.8) is 0 Å². The average Bonchev–Trinajstić information content (AvgIpc) is 2.73. The summed E-state index contributed by atoms with van der Waals surface area (Å²) in [5.74, 6) is 0. The zero-order valence-electron chi connectivity index (χ0n) is 13.5. The standard InChI is InChI=1S/C20H26N2/c1-15-4-7-19-18(13-15)6-5-16(3-2-10-21)14-20(19)17-8-11-22-12-9-17/h2-4,7,10,13,22H,5-6,8-9,11-12,14,21H2,1H3/b10-2-,16-3-. The van der Waals surface area contributed by atoms with Gasteiger partial charge in [-0.3, -0.25) is 0 Å². The summed E-state index contributed by atoms with van der Waals surface area (Å²) in [6, 6.07) is 6.98. The summed E-state index contributed by atoms with van der Waals surface area (Å²) in [5, 5.41) is 3.47. The van der Waals surface area contributed by atoms with Crippen molar-refractivity contribution in [1.82, 2.24) is 5.32 Å². The predicted molar refractivity (Wildman–Crippen MR) is 94.6 cm³/mol. The minimum Gasteiger partial charge on any atom is -0.405 e. The van der Waals surface area contributed by atoms with E-state index in [-0.39, 0.29) is 0 Å². The summed E-state index contributed by atoms with van der Waals surface area (Å²) in [4.78, 5) is 0. The van der Waals surface area contributed by atoms with Crippen LogP contribution in [0, 0.1) is 6.92 Å². The van der Waals surface area contributed by atoms with Crippen molar-refractivity contribution >= 4 is 5.57 Å². The number of piperidine rings is 1. The van der Waals surface area contributed by atoms with Crippen LogP contribution in [0.2, 0.25) is 0 Å². The van der Waals surface area contributed by atoms with E-state index in [1.54, 1.807) is 17.3 Å². The number of fused-ring (bicyclic) bond motifs is 1. The molecular formula is C20H26N2. The zero-order chi connectivity index (χ0) is 15.4. The van der Waals surface area contributed by atoms with E-state index in [1.165, 1.54) is 35.1 Å². The summed E-state index contributed by atoms with van der Waals surface area (Å²) >= 11 is 0. The lowest BCUT2D eigenvalue weighted by Gasteiger charge is -2.21. The fourth-order valence-corrected chi connectivity index (χ4v) is 3.61. The van der Waals surface area contributed by atoms with Crippen molar-refractivity contribution in [3.8, 4) is 0 Å². The summed E-state index contributed by atoms with van der Waals surface area (Å²) in [6.07, 6.45) is 11.5. The number of hydrogen-bond donors (Lipinski definition) is 2. The first-order valence-corrected chi connectivity index (χ1v) is 8.36. The summed E-state index contributed by atoms with van der Waals surface area (Å²) < 4.78 is 0. The van der Waals surface area contributed by atoms with Crippen molar-refractivity contribution in [2.24, 2.45) is 5.73 Å². The van der Waals surface area contributed by atoms with Gasteiger partial charge in [0.15, 0.2) is 0 Å². The van der Waals surface area contributed by atoms with Gasteiger partial charge in [-0.25, -0.2) is 0 Å². The van der Waals surface area contributed by atoms with Gasteiger partial charge in [0.2, 0.25) is 0 Å². The predicted octanol–water partition coefficient (Wildman–Crippen LogP) is 3.87. The maximum atomic E-state index is 5.52. The van der Waals surface area contributed by atoms with Gasteiger partial charge in [0.1, 0.15) is 0 Å². The van der Waals surface area contributed by atoms with Crippen LogP contribution >= 0.6 is 0 Å². The Morgan fingerprint density at radius 1 is 1.09 bits per heavy atom. The van der Waals surface area contributed by atoms with Crippen molar-refractivity contribution in [2.45, 2.75) is 39.0 Å². The third-order valence-corrected chi connectivity index (χ3v) is 4.78. The molecule has 1 aromatic carbocycles. The molecule has 1 heterocycles. The molecule has 22 heavy (non-hydrogen) atoms. The van der Waals surface area contributed by atoms with E-state index in [1.807, 2.05) is 6.08 Å². The highest BCUT2D eigenvalue weighted by Gasteiger charge is 2.19.